The molecule has 112 valence electrons. The van der Waals surface area contributed by atoms with Crippen molar-refractivity contribution in [3.8, 4) is 0 Å². The normalized spacial score (nSPS) is 30.3. The van der Waals surface area contributed by atoms with Gasteiger partial charge in [0.2, 0.25) is 0 Å². The summed E-state index contributed by atoms with van der Waals surface area (Å²) in [5.74, 6) is 0. The fourth-order valence-electron chi connectivity index (χ4n) is 3.02. The van der Waals surface area contributed by atoms with Gasteiger partial charge in [-0.3, -0.25) is 4.90 Å². The monoisotopic (exact) mass is 269 g/mol. The minimum Gasteiger partial charge on any atom is -0.378 e. The first-order valence-electron chi connectivity index (χ1n) is 7.80. The standard InChI is InChI=1S/C15H31N3O/c1-5-19-14-10-13(11-14)16-12-15(2,3)18-8-6-17(4)7-9-18/h13-14,16H,5-12H2,1-4H3. The lowest BCUT2D eigenvalue weighted by molar-refractivity contribution is -0.0151. The van der Waals surface area contributed by atoms with Crippen LogP contribution in [0.5, 0.6) is 0 Å². The number of nitrogens with zero attached hydrogens (tertiary/aromatic N) is 2. The Hall–Kier alpha value is -0.160. The SMILES string of the molecule is CCOC1CC(NCC(C)(C)N2CCN(C)CC2)C1. The minimum atomic E-state index is 0.262. The quantitative estimate of drug-likeness (QED) is 0.783. The number of nitrogens with one attached hydrogen (secondary N) is 1. The zero-order chi connectivity index (χ0) is 13.9. The topological polar surface area (TPSA) is 27.7 Å². The fraction of sp³-hybridized carbons (Fsp3) is 1.00. The lowest BCUT2D eigenvalue weighted by Gasteiger charge is -2.45. The van der Waals surface area contributed by atoms with Crippen LogP contribution in [-0.2, 0) is 4.74 Å². The van der Waals surface area contributed by atoms with Gasteiger partial charge in [0.05, 0.1) is 6.10 Å². The van der Waals surface area contributed by atoms with Gasteiger partial charge in [0.25, 0.3) is 0 Å². The molecule has 19 heavy (non-hydrogen) atoms. The third-order valence-corrected chi connectivity index (χ3v) is 4.68. The van der Waals surface area contributed by atoms with E-state index in [4.69, 9.17) is 4.74 Å². The van der Waals surface area contributed by atoms with Gasteiger partial charge in [-0.25, -0.2) is 0 Å². The second-order valence-electron chi connectivity index (χ2n) is 6.73. The Bertz CT molecular complexity index is 269. The van der Waals surface area contributed by atoms with Crippen LogP contribution in [0.4, 0.5) is 0 Å². The number of likely N-dealkylation sites (N-methyl/N-ethyl adjacent to an activating group) is 1. The smallest absolute Gasteiger partial charge is 0.0604 e. The van der Waals surface area contributed by atoms with Crippen LogP contribution in [0.3, 0.4) is 0 Å². The summed E-state index contributed by atoms with van der Waals surface area (Å²) in [5.41, 5.74) is 0.262. The molecule has 0 bridgehead atoms. The average molecular weight is 269 g/mol. The molecule has 0 radical (unpaired) electrons. The van der Waals surface area contributed by atoms with Gasteiger partial charge in [-0.1, -0.05) is 0 Å². The van der Waals surface area contributed by atoms with Crippen LogP contribution in [0.15, 0.2) is 0 Å². The molecule has 4 nitrogen and oxygen atoms in total. The van der Waals surface area contributed by atoms with Gasteiger partial charge in [-0.05, 0) is 40.7 Å². The Kier molecular flexibility index (Phi) is 5.23. The van der Waals surface area contributed by atoms with E-state index in [2.05, 4.69) is 42.9 Å². The van der Waals surface area contributed by atoms with Crippen LogP contribution in [-0.4, -0.2) is 73.9 Å². The van der Waals surface area contributed by atoms with Gasteiger partial charge in [0.1, 0.15) is 0 Å². The molecule has 1 heterocycles. The van der Waals surface area contributed by atoms with Crippen molar-refractivity contribution in [2.75, 3.05) is 46.4 Å². The highest BCUT2D eigenvalue weighted by atomic mass is 16.5. The Labute approximate surface area is 118 Å². The van der Waals surface area contributed by atoms with E-state index in [0.717, 1.165) is 13.2 Å². The Morgan fingerprint density at radius 1 is 1.16 bits per heavy atom. The molecule has 2 rings (SSSR count). The van der Waals surface area contributed by atoms with Crippen molar-refractivity contribution in [2.45, 2.75) is 51.3 Å². The number of hydrogen-bond donors (Lipinski definition) is 1. The maximum absolute atomic E-state index is 5.61. The third-order valence-electron chi connectivity index (χ3n) is 4.68. The molecule has 2 aliphatic rings. The summed E-state index contributed by atoms with van der Waals surface area (Å²) in [4.78, 5) is 5.04. The second-order valence-corrected chi connectivity index (χ2v) is 6.73. The van der Waals surface area contributed by atoms with Gasteiger partial charge < -0.3 is 15.0 Å². The van der Waals surface area contributed by atoms with Crippen LogP contribution in [0.1, 0.15) is 33.6 Å². The van der Waals surface area contributed by atoms with Crippen molar-refractivity contribution >= 4 is 0 Å². The second kappa shape index (κ2) is 6.53. The van der Waals surface area contributed by atoms with E-state index < -0.39 is 0 Å². The number of rotatable bonds is 6. The molecular formula is C15H31N3O. The van der Waals surface area contributed by atoms with Crippen LogP contribution in [0.2, 0.25) is 0 Å². The Morgan fingerprint density at radius 3 is 2.37 bits per heavy atom. The highest BCUT2D eigenvalue weighted by molar-refractivity contribution is 4.92. The van der Waals surface area contributed by atoms with Crippen LogP contribution < -0.4 is 5.32 Å². The molecule has 0 atom stereocenters. The van der Waals surface area contributed by atoms with Crippen molar-refractivity contribution in [1.29, 1.82) is 0 Å². The summed E-state index contributed by atoms with van der Waals surface area (Å²) < 4.78 is 5.61. The van der Waals surface area contributed by atoms with Crippen LogP contribution in [0.25, 0.3) is 0 Å². The summed E-state index contributed by atoms with van der Waals surface area (Å²) in [7, 11) is 2.21. The summed E-state index contributed by atoms with van der Waals surface area (Å²) >= 11 is 0. The number of ether oxygens (including phenoxy) is 1. The van der Waals surface area contributed by atoms with Gasteiger partial charge >= 0.3 is 0 Å². The highest BCUT2D eigenvalue weighted by Gasteiger charge is 2.33. The molecule has 0 aromatic carbocycles. The molecule has 1 N–H and O–H groups in total. The minimum absolute atomic E-state index is 0.262. The summed E-state index contributed by atoms with van der Waals surface area (Å²) in [6.07, 6.45) is 2.88. The lowest BCUT2D eigenvalue weighted by Crippen LogP contribution is -2.59. The van der Waals surface area contributed by atoms with Crippen molar-refractivity contribution < 1.29 is 4.74 Å². The molecule has 0 amide bonds. The maximum atomic E-state index is 5.61. The lowest BCUT2D eigenvalue weighted by atomic mass is 9.88. The predicted octanol–water partition coefficient (Wildman–Crippen LogP) is 1.17. The Morgan fingerprint density at radius 2 is 1.79 bits per heavy atom. The van der Waals surface area contributed by atoms with Crippen molar-refractivity contribution in [3.63, 3.8) is 0 Å². The van der Waals surface area contributed by atoms with E-state index >= 15 is 0 Å². The highest BCUT2D eigenvalue weighted by Crippen LogP contribution is 2.24. The molecule has 1 aliphatic heterocycles. The summed E-state index contributed by atoms with van der Waals surface area (Å²) in [5, 5.41) is 3.72. The average Bonchev–Trinajstić information content (AvgIpc) is 2.32. The molecule has 0 aromatic rings. The van der Waals surface area contributed by atoms with Crippen LogP contribution in [0, 0.1) is 0 Å². The van der Waals surface area contributed by atoms with Crippen LogP contribution >= 0.6 is 0 Å². The molecule has 1 aliphatic carbocycles. The largest absolute Gasteiger partial charge is 0.378 e. The van der Waals surface area contributed by atoms with E-state index in [9.17, 15) is 0 Å². The van der Waals surface area contributed by atoms with Gasteiger partial charge in [0.15, 0.2) is 0 Å². The van der Waals surface area contributed by atoms with Gasteiger partial charge in [-0.2, -0.15) is 0 Å². The zero-order valence-corrected chi connectivity index (χ0v) is 13.1. The maximum Gasteiger partial charge on any atom is 0.0604 e. The first-order valence-corrected chi connectivity index (χ1v) is 7.80. The first kappa shape index (κ1) is 15.2. The van der Waals surface area contributed by atoms with Gasteiger partial charge in [0, 0.05) is 50.9 Å². The molecule has 0 spiro atoms. The molecule has 1 saturated heterocycles. The van der Waals surface area contributed by atoms with Crippen molar-refractivity contribution in [2.24, 2.45) is 0 Å². The molecule has 1 saturated carbocycles. The van der Waals surface area contributed by atoms with E-state index in [1.807, 2.05) is 0 Å². The molecule has 0 aromatic heterocycles. The predicted molar refractivity (Wildman–Crippen MR) is 79.6 cm³/mol. The number of piperazine rings is 1. The van der Waals surface area contributed by atoms with Gasteiger partial charge in [-0.15, -0.1) is 0 Å². The molecular weight excluding hydrogens is 238 g/mol. The van der Waals surface area contributed by atoms with E-state index in [-0.39, 0.29) is 5.54 Å². The molecule has 0 unspecified atom stereocenters. The van der Waals surface area contributed by atoms with Crippen molar-refractivity contribution in [1.82, 2.24) is 15.1 Å². The number of hydrogen-bond acceptors (Lipinski definition) is 4. The molecule has 2 fully saturated rings. The third kappa shape index (κ3) is 4.15. The first-order chi connectivity index (χ1) is 9.01. The van der Waals surface area contributed by atoms with E-state index in [1.165, 1.54) is 39.0 Å². The Balaban J connectivity index is 1.67. The molecule has 4 heteroatoms. The van der Waals surface area contributed by atoms with Crippen molar-refractivity contribution in [3.05, 3.63) is 0 Å². The van der Waals surface area contributed by atoms with E-state index in [1.54, 1.807) is 0 Å². The summed E-state index contributed by atoms with van der Waals surface area (Å²) in [6.45, 7) is 13.5. The zero-order valence-electron chi connectivity index (χ0n) is 13.1. The van der Waals surface area contributed by atoms with E-state index in [0.29, 0.717) is 12.1 Å². The summed E-state index contributed by atoms with van der Waals surface area (Å²) in [6, 6.07) is 0.670. The fourth-order valence-corrected chi connectivity index (χ4v) is 3.02.